The SMILES string of the molecule is CCCCCOc1ccc(S(=O)(=O)NCCCNCc2c(O)cc3c(c2O)-c2cc(ccc2O)[C@H]2CC(=O)[C@@H]4NC(=O)[C@H](CC(N)=O)CC(=O)[C@H](NC(=O)[C@H](CC)CC(C)C)[C@H](O)c5ccc(c(Cl)c5)Oc5cc4cc(c5O[C@@H]4O[C@H](CO)[C@@H](O)[C@H](O)[C@H]4O[C@H]4C[C@](C)(N)[C@H](O)[C@H](C)O4)Oc4ccc(cc4Cl)[C@@H](O)[C@H](NC2=O)C(=O)N[C@@H]3C(=O)CC2C3CC4CC(C3)CC2C4)cc1. The van der Waals surface area contributed by atoms with Crippen LogP contribution in [0.3, 0.4) is 0 Å². The molecule has 2 saturated heterocycles. The Bertz CT molecular complexity index is 5390. The van der Waals surface area contributed by atoms with Gasteiger partial charge < -0.3 is 117 Å². The standard InChI is InChI=1S/C95H118Cl2N8O26S/c1-7-9-10-24-125-56-15-17-57(18-16-56)132(123,124)101-23-11-22-100-42-62-66(108)40-61-77(84(62)115)60-31-49(12-19-65(60)107)59-39-68(110)78-54-35-72(127-70-20-13-50(32-63(70)96)82(113)80(104-90(119)48(8-2)25-44(3)4)67(109)34-55(37-75(98)112)91(120)102-78)87(131-94-88(86(117)85(116)74(43-106)129-94)130-76-41-95(6,99)89(118)45(5)126-76)73(36-54)128-71-21-14-51(33-64(71)97)83(114)81(105-92(59)121)93(122)103-79(61)69(111)38-58-52-27-46-26-47(29-52)30-53(58)28-46/h12-21,31-33,35-36,40,44-48,52-53,55,58-59,74,76,78-83,85-86,88-89,94,100-101,106-108,113-118H,7-11,22-30,34,37-39,41-43,99H2,1-6H3,(H2,98,112)(H,102,120)(H,103,122)(H,104,119)(H,105,121)/t45-,46?,47?,48+,52?,53?,55-,58?,59+,74+,76-,78+,79-,80-,81-,82+,83+,85+,86-,88+,89+,94-,95-/m0/s1. The maximum absolute atomic E-state index is 16.8. The molecule has 0 aromatic heterocycles. The molecule has 7 aliphatic heterocycles. The van der Waals surface area contributed by atoms with Crippen molar-refractivity contribution >= 4 is 80.1 Å². The lowest BCUT2D eigenvalue weighted by atomic mass is 9.51. The van der Waals surface area contributed by atoms with Crippen LogP contribution in [0.25, 0.3) is 11.1 Å². The van der Waals surface area contributed by atoms with Gasteiger partial charge in [0.1, 0.15) is 89.2 Å². The zero-order valence-electron chi connectivity index (χ0n) is 74.1. The Labute approximate surface area is 774 Å². The Hall–Kier alpha value is -9.67. The third-order valence-corrected chi connectivity index (χ3v) is 29.2. The number of Topliss-reactive ketones (excluding diaryl/α,β-unsaturated/α-hetero) is 3. The number of rotatable bonds is 28. The second kappa shape index (κ2) is 41.7. The first-order valence-electron chi connectivity index (χ1n) is 45.3. The Kier molecular flexibility index (Phi) is 31.0. The number of halogens is 2. The summed E-state index contributed by atoms with van der Waals surface area (Å²) >= 11 is 14.6. The van der Waals surface area contributed by atoms with Gasteiger partial charge in [-0.1, -0.05) is 81.9 Å². The normalized spacial score (nSPS) is 29.7. The van der Waals surface area contributed by atoms with Crippen molar-refractivity contribution in [2.45, 2.75) is 253 Å². The van der Waals surface area contributed by atoms with Crippen molar-refractivity contribution in [1.82, 2.24) is 31.3 Å². The lowest BCUT2D eigenvalue weighted by molar-refractivity contribution is -0.333. The molecule has 7 heterocycles. The number of phenolic OH excluding ortho intramolecular Hbond substituents is 3. The highest BCUT2D eigenvalue weighted by atomic mass is 35.5. The molecule has 4 aliphatic carbocycles. The van der Waals surface area contributed by atoms with Crippen LogP contribution in [0.4, 0.5) is 0 Å². The number of unbranched alkanes of at least 4 members (excludes halogenated alkanes) is 2. The van der Waals surface area contributed by atoms with Crippen molar-refractivity contribution in [2.24, 2.45) is 58.8 Å². The first-order chi connectivity index (χ1) is 62.8. The van der Waals surface area contributed by atoms with Gasteiger partial charge in [-0.2, -0.15) is 0 Å². The van der Waals surface area contributed by atoms with Gasteiger partial charge in [0.2, 0.25) is 51.6 Å². The average molecular weight is 1890 g/mol. The van der Waals surface area contributed by atoms with Crippen molar-refractivity contribution < 1.29 is 126 Å². The number of primary amides is 1. The fraction of sp³-hybridized carbons (Fsp3) is 0.537. The molecule has 19 N–H and O–H groups in total. The van der Waals surface area contributed by atoms with E-state index in [1.807, 2.05) is 13.8 Å². The van der Waals surface area contributed by atoms with Crippen LogP contribution < -0.4 is 61.7 Å². The molecule has 5 amide bonds. The number of hydrogen-bond acceptors (Lipinski definition) is 28. The predicted octanol–water partition coefficient (Wildman–Crippen LogP) is 8.49. The van der Waals surface area contributed by atoms with Gasteiger partial charge in [0, 0.05) is 67.8 Å². The number of ether oxygens (including phenoxy) is 7. The number of hydrogen-bond donors (Lipinski definition) is 17. The van der Waals surface area contributed by atoms with E-state index in [1.165, 1.54) is 68.4 Å². The quantitative estimate of drug-likeness (QED) is 0.0205. The van der Waals surface area contributed by atoms with Gasteiger partial charge in [-0.3, -0.25) is 38.4 Å². The number of aliphatic hydroxyl groups is 6. The first-order valence-corrected chi connectivity index (χ1v) is 47.5. The maximum Gasteiger partial charge on any atom is 0.246 e. The van der Waals surface area contributed by atoms with Crippen molar-refractivity contribution in [3.8, 4) is 62.9 Å². The van der Waals surface area contributed by atoms with E-state index in [4.69, 9.17) is 67.8 Å². The number of phenols is 3. The van der Waals surface area contributed by atoms with Crippen molar-refractivity contribution in [3.05, 3.63) is 140 Å². The second-order valence-electron chi connectivity index (χ2n) is 37.2. The molecule has 0 unspecified atom stereocenters. The van der Waals surface area contributed by atoms with Gasteiger partial charge in [-0.15, -0.1) is 0 Å². The van der Waals surface area contributed by atoms with Crippen molar-refractivity contribution in [2.75, 3.05) is 26.3 Å². The van der Waals surface area contributed by atoms with E-state index >= 15 is 28.8 Å². The van der Waals surface area contributed by atoms with Crippen LogP contribution in [-0.4, -0.2) is 194 Å². The lowest BCUT2D eigenvalue weighted by Gasteiger charge is -2.54. The molecular formula is C95H118Cl2N8O26S. The van der Waals surface area contributed by atoms with E-state index in [9.17, 15) is 64.0 Å². The number of fused-ring (bicyclic) bond motifs is 15. The number of aliphatic hydroxyl groups excluding tert-OH is 6. The molecule has 132 heavy (non-hydrogen) atoms. The number of carbonyl (C=O) groups excluding carboxylic acids is 8. The van der Waals surface area contributed by atoms with Crippen LogP contribution in [0.2, 0.25) is 10.0 Å². The van der Waals surface area contributed by atoms with E-state index in [0.29, 0.717) is 30.6 Å². The molecule has 0 radical (unpaired) electrons. The summed E-state index contributed by atoms with van der Waals surface area (Å²) in [5.41, 5.74) is 9.08. The van der Waals surface area contributed by atoms with Gasteiger partial charge in [0.05, 0.1) is 57.8 Å². The summed E-state index contributed by atoms with van der Waals surface area (Å²) in [5, 5.41) is 123. The van der Waals surface area contributed by atoms with Crippen LogP contribution in [-0.2, 0) is 69.1 Å². The van der Waals surface area contributed by atoms with Crippen LogP contribution in [0.1, 0.15) is 208 Å². The van der Waals surface area contributed by atoms with Crippen LogP contribution in [0, 0.1) is 47.3 Å². The zero-order valence-corrected chi connectivity index (χ0v) is 76.5. The van der Waals surface area contributed by atoms with E-state index < -0.39 is 226 Å². The number of amides is 5. The molecule has 6 aromatic rings. The maximum atomic E-state index is 16.8. The summed E-state index contributed by atoms with van der Waals surface area (Å²) in [6.07, 6.45) is -12.6. The first kappa shape index (κ1) is 98.3. The number of sulfonamides is 1. The van der Waals surface area contributed by atoms with Gasteiger partial charge in [-0.25, -0.2) is 13.1 Å². The highest BCUT2D eigenvalue weighted by Crippen LogP contribution is 2.59. The summed E-state index contributed by atoms with van der Waals surface area (Å²) in [4.78, 5) is 124. The fourth-order valence-corrected chi connectivity index (χ4v) is 21.8. The van der Waals surface area contributed by atoms with Gasteiger partial charge >= 0.3 is 0 Å². The van der Waals surface area contributed by atoms with Gasteiger partial charge in [0.25, 0.3) is 0 Å². The fourth-order valence-electron chi connectivity index (χ4n) is 20.2. The molecule has 714 valence electrons. The minimum atomic E-state index is -4.03. The minimum Gasteiger partial charge on any atom is -0.507 e. The summed E-state index contributed by atoms with van der Waals surface area (Å²) in [5.74, 6) is -15.8. The van der Waals surface area contributed by atoms with Gasteiger partial charge in [0.15, 0.2) is 41.2 Å². The summed E-state index contributed by atoms with van der Waals surface area (Å²) in [7, 11) is -4.03. The van der Waals surface area contributed by atoms with Crippen LogP contribution in [0.5, 0.6) is 51.7 Å². The van der Waals surface area contributed by atoms with Gasteiger partial charge in [-0.05, 0) is 220 Å². The predicted molar refractivity (Wildman–Crippen MR) is 478 cm³/mol. The van der Waals surface area contributed by atoms with E-state index in [-0.39, 0.29) is 140 Å². The number of nitrogens with two attached hydrogens (primary N) is 2. The molecule has 17 rings (SSSR count). The number of nitrogens with one attached hydrogen (secondary N) is 6. The third kappa shape index (κ3) is 21.8. The number of ketones is 3. The van der Waals surface area contributed by atoms with Crippen LogP contribution >= 0.6 is 23.2 Å². The monoisotopic (exact) mass is 1890 g/mol. The molecule has 15 bridgehead atoms. The Morgan fingerprint density at radius 3 is 1.96 bits per heavy atom. The lowest BCUT2D eigenvalue weighted by Crippen LogP contribution is -2.64. The number of carbonyl (C=O) groups is 8. The molecule has 6 fully saturated rings. The molecule has 11 aliphatic rings. The van der Waals surface area contributed by atoms with E-state index in [2.05, 4.69) is 38.2 Å². The average Bonchev–Trinajstić information content (AvgIpc) is 0.749. The molecule has 6 aromatic carbocycles. The Morgan fingerprint density at radius 1 is 0.697 bits per heavy atom. The number of aromatic hydroxyl groups is 3. The molecule has 4 saturated carbocycles. The molecular weight excluding hydrogens is 1770 g/mol. The second-order valence-corrected chi connectivity index (χ2v) is 39.8. The number of benzene rings is 6. The van der Waals surface area contributed by atoms with E-state index in [0.717, 1.165) is 81.7 Å². The highest BCUT2D eigenvalue weighted by Gasteiger charge is 2.54. The minimum absolute atomic E-state index is 0.0103. The molecule has 37 heteroatoms. The summed E-state index contributed by atoms with van der Waals surface area (Å²) < 4.78 is 74.6. The van der Waals surface area contributed by atoms with Crippen molar-refractivity contribution in [1.29, 1.82) is 0 Å². The van der Waals surface area contributed by atoms with Crippen LogP contribution in [0.15, 0.2) is 102 Å². The zero-order chi connectivity index (χ0) is 94.8. The molecule has 0 spiro atoms. The molecule has 34 nitrogen and oxygen atoms in total. The highest BCUT2D eigenvalue weighted by molar-refractivity contribution is 7.89. The topological polar surface area (TPSA) is 542 Å². The summed E-state index contributed by atoms with van der Waals surface area (Å²) in [6.45, 7) is 9.74. The molecule has 18 atom stereocenters. The largest absolute Gasteiger partial charge is 0.507 e. The summed E-state index contributed by atoms with van der Waals surface area (Å²) in [6, 6.07) is 12.1. The van der Waals surface area contributed by atoms with E-state index in [1.54, 1.807) is 19.1 Å². The Balaban J connectivity index is 0.923. The Morgan fingerprint density at radius 2 is 1.35 bits per heavy atom. The smallest absolute Gasteiger partial charge is 0.246 e. The van der Waals surface area contributed by atoms with Crippen molar-refractivity contribution in [3.63, 3.8) is 0 Å². The third-order valence-electron chi connectivity index (χ3n) is 27.1.